The van der Waals surface area contributed by atoms with Crippen LogP contribution in [0.1, 0.15) is 89.9 Å². The van der Waals surface area contributed by atoms with E-state index in [0.29, 0.717) is 11.3 Å². The van der Waals surface area contributed by atoms with E-state index in [9.17, 15) is 14.8 Å². The quantitative estimate of drug-likeness (QED) is 0.639. The van der Waals surface area contributed by atoms with E-state index in [4.69, 9.17) is 0 Å². The predicted molar refractivity (Wildman–Crippen MR) is 116 cm³/mol. The zero-order valence-corrected chi connectivity index (χ0v) is 18.2. The molecule has 2 aromatic heterocycles. The maximum absolute atomic E-state index is 12.7. The number of amides is 2. The fourth-order valence-corrected chi connectivity index (χ4v) is 5.38. The van der Waals surface area contributed by atoms with E-state index in [0.717, 1.165) is 68.1 Å². The lowest BCUT2D eigenvalue weighted by atomic mass is 9.79. The standard InChI is InChI=1S/C23H28N6O3/c1-14-11-18(29(32)20-19(14)22(31)28-23(20)9-5-2-6-10-23)27-17-12-16(24-13-25-17)21(30)26-15-7-3-4-8-15/h11-13,15,32H,2-10H2,1H3,(H,26,30)(H,28,31). The van der Waals surface area contributed by atoms with Gasteiger partial charge in [-0.05, 0) is 44.2 Å². The molecule has 2 amide bonds. The Morgan fingerprint density at radius 2 is 1.94 bits per heavy atom. The van der Waals surface area contributed by atoms with Crippen LogP contribution in [0.15, 0.2) is 23.5 Å². The molecule has 5 rings (SSSR count). The van der Waals surface area contributed by atoms with Crippen molar-refractivity contribution in [3.8, 4) is 0 Å². The number of carbonyl (C=O) groups is 2. The number of fused-ring (bicyclic) bond motifs is 2. The normalized spacial score (nSPS) is 20.4. The Balaban J connectivity index is 1.53. The fraction of sp³-hybridized carbons (Fsp3) is 0.522. The van der Waals surface area contributed by atoms with Crippen LogP contribution >= 0.6 is 0 Å². The van der Waals surface area contributed by atoms with E-state index >= 15 is 0 Å². The van der Waals surface area contributed by atoms with E-state index in [-0.39, 0.29) is 34.9 Å². The van der Waals surface area contributed by atoms with Gasteiger partial charge in [-0.2, -0.15) is 4.73 Å². The first-order valence-electron chi connectivity index (χ1n) is 11.4. The highest BCUT2D eigenvalue weighted by atomic mass is 16.5. The van der Waals surface area contributed by atoms with Crippen molar-refractivity contribution < 1.29 is 14.8 Å². The van der Waals surface area contributed by atoms with Crippen molar-refractivity contribution in [2.45, 2.75) is 76.3 Å². The van der Waals surface area contributed by atoms with Gasteiger partial charge in [0.25, 0.3) is 11.8 Å². The Labute approximate surface area is 186 Å². The Hall–Kier alpha value is -3.23. The first-order valence-corrected chi connectivity index (χ1v) is 11.4. The molecule has 3 aliphatic rings. The summed E-state index contributed by atoms with van der Waals surface area (Å²) < 4.78 is 1.02. The van der Waals surface area contributed by atoms with E-state index in [1.54, 1.807) is 6.07 Å². The van der Waals surface area contributed by atoms with E-state index in [2.05, 4.69) is 25.6 Å². The second-order valence-corrected chi connectivity index (χ2v) is 9.15. The third-order valence-corrected chi connectivity index (χ3v) is 6.95. The average Bonchev–Trinajstić information content (AvgIpc) is 3.38. The number of pyridine rings is 1. The summed E-state index contributed by atoms with van der Waals surface area (Å²) in [5.74, 6) is -0.121. The highest BCUT2D eigenvalue weighted by Crippen LogP contribution is 2.42. The van der Waals surface area contributed by atoms with Gasteiger partial charge in [-0.1, -0.05) is 32.1 Å². The van der Waals surface area contributed by atoms with Gasteiger partial charge in [-0.3, -0.25) is 9.59 Å². The van der Waals surface area contributed by atoms with Crippen molar-refractivity contribution in [3.63, 3.8) is 0 Å². The Kier molecular flexibility index (Phi) is 5.19. The van der Waals surface area contributed by atoms with Crippen LogP contribution in [0.4, 0.5) is 5.82 Å². The van der Waals surface area contributed by atoms with Crippen molar-refractivity contribution in [1.29, 1.82) is 0 Å². The van der Waals surface area contributed by atoms with E-state index in [1.165, 1.54) is 12.4 Å². The molecule has 32 heavy (non-hydrogen) atoms. The largest absolute Gasteiger partial charge is 0.427 e. The first-order chi connectivity index (χ1) is 15.5. The van der Waals surface area contributed by atoms with Crippen molar-refractivity contribution in [2.75, 3.05) is 0 Å². The van der Waals surface area contributed by atoms with Crippen LogP contribution in [-0.2, 0) is 5.54 Å². The summed E-state index contributed by atoms with van der Waals surface area (Å²) >= 11 is 0. The molecule has 168 valence electrons. The number of nitrogens with zero attached hydrogens (tertiary/aromatic N) is 4. The van der Waals surface area contributed by atoms with Crippen LogP contribution in [0.5, 0.6) is 0 Å². The van der Waals surface area contributed by atoms with Gasteiger partial charge >= 0.3 is 0 Å². The summed E-state index contributed by atoms with van der Waals surface area (Å²) in [4.78, 5) is 38.0. The van der Waals surface area contributed by atoms with Gasteiger partial charge in [0, 0.05) is 12.1 Å². The maximum atomic E-state index is 12.7. The number of carbonyl (C=O) groups excluding carboxylic acids is 2. The van der Waals surface area contributed by atoms with E-state index < -0.39 is 5.54 Å². The highest BCUT2D eigenvalue weighted by Gasteiger charge is 2.47. The number of aryl methyl sites for hydroxylation is 1. The van der Waals surface area contributed by atoms with Crippen LogP contribution in [0.25, 0.3) is 0 Å². The molecule has 2 fully saturated rings. The van der Waals surface area contributed by atoms with Crippen LogP contribution in [0.3, 0.4) is 0 Å². The van der Waals surface area contributed by atoms with Gasteiger partial charge < -0.3 is 15.8 Å². The number of rotatable bonds is 3. The third kappa shape index (κ3) is 3.55. The molecule has 2 aromatic rings. The number of hydrogen-bond acceptors (Lipinski definition) is 6. The molecule has 3 N–H and O–H groups in total. The molecule has 0 saturated heterocycles. The second kappa shape index (κ2) is 8.03. The zero-order valence-electron chi connectivity index (χ0n) is 18.2. The molecule has 0 aromatic carbocycles. The molecule has 1 aliphatic heterocycles. The van der Waals surface area contributed by atoms with Crippen molar-refractivity contribution >= 4 is 17.6 Å². The SMILES string of the molecule is Cc1cc(=Nc2cc(C(=O)NC3CCCC3)ncn2)n(O)c2c1C(=O)NC21CCCCC1. The molecule has 0 atom stereocenters. The third-order valence-electron chi connectivity index (χ3n) is 6.95. The van der Waals surface area contributed by atoms with Crippen molar-refractivity contribution in [2.24, 2.45) is 4.99 Å². The molecule has 0 radical (unpaired) electrons. The highest BCUT2D eigenvalue weighted by molar-refractivity contribution is 6.00. The van der Waals surface area contributed by atoms with Gasteiger partial charge in [0.1, 0.15) is 12.0 Å². The van der Waals surface area contributed by atoms with Crippen LogP contribution in [0, 0.1) is 6.92 Å². The van der Waals surface area contributed by atoms with Gasteiger partial charge in [0.05, 0.1) is 16.8 Å². The smallest absolute Gasteiger partial charge is 0.270 e. The Bertz CT molecular complexity index is 1140. The van der Waals surface area contributed by atoms with Crippen molar-refractivity contribution in [1.82, 2.24) is 25.3 Å². The van der Waals surface area contributed by atoms with E-state index in [1.807, 2.05) is 6.92 Å². The summed E-state index contributed by atoms with van der Waals surface area (Å²) in [6, 6.07) is 3.38. The molecule has 2 saturated carbocycles. The molecular formula is C23H28N6O3. The lowest BCUT2D eigenvalue weighted by molar-refractivity contribution is 0.0890. The van der Waals surface area contributed by atoms with Crippen LogP contribution in [-0.4, -0.2) is 37.8 Å². The summed E-state index contributed by atoms with van der Waals surface area (Å²) in [7, 11) is 0. The molecule has 1 spiro atoms. The number of aromatic nitrogens is 3. The van der Waals surface area contributed by atoms with Crippen LogP contribution < -0.4 is 16.1 Å². The van der Waals surface area contributed by atoms with Gasteiger partial charge in [-0.15, -0.1) is 0 Å². The molecule has 9 nitrogen and oxygen atoms in total. The second-order valence-electron chi connectivity index (χ2n) is 9.15. The lowest BCUT2D eigenvalue weighted by Gasteiger charge is -2.34. The Morgan fingerprint density at radius 1 is 1.19 bits per heavy atom. The minimum atomic E-state index is -0.562. The summed E-state index contributed by atoms with van der Waals surface area (Å²) in [5, 5.41) is 17.2. The minimum Gasteiger partial charge on any atom is -0.427 e. The number of hydrogen-bond donors (Lipinski definition) is 3. The maximum Gasteiger partial charge on any atom is 0.270 e. The molecule has 9 heteroatoms. The number of nitrogens with one attached hydrogen (secondary N) is 2. The minimum absolute atomic E-state index is 0.151. The summed E-state index contributed by atoms with van der Waals surface area (Å²) in [6.45, 7) is 1.85. The average molecular weight is 437 g/mol. The summed E-state index contributed by atoms with van der Waals surface area (Å²) in [5.41, 5.74) is 1.80. The predicted octanol–water partition coefficient (Wildman–Crippen LogP) is 2.63. The molecular weight excluding hydrogens is 408 g/mol. The lowest BCUT2D eigenvalue weighted by Crippen LogP contribution is -2.43. The van der Waals surface area contributed by atoms with Crippen molar-refractivity contribution in [3.05, 3.63) is 46.5 Å². The van der Waals surface area contributed by atoms with Crippen LogP contribution in [0.2, 0.25) is 0 Å². The molecule has 3 heterocycles. The van der Waals surface area contributed by atoms with Gasteiger partial charge in [-0.25, -0.2) is 15.0 Å². The zero-order chi connectivity index (χ0) is 22.3. The topological polar surface area (TPSA) is 122 Å². The monoisotopic (exact) mass is 436 g/mol. The fourth-order valence-electron chi connectivity index (χ4n) is 5.38. The van der Waals surface area contributed by atoms with Gasteiger partial charge in [0.15, 0.2) is 11.3 Å². The summed E-state index contributed by atoms with van der Waals surface area (Å²) in [6.07, 6.45) is 10.2. The first kappa shape index (κ1) is 20.7. The molecule has 0 bridgehead atoms. The molecule has 2 aliphatic carbocycles. The Morgan fingerprint density at radius 3 is 2.69 bits per heavy atom. The molecule has 0 unspecified atom stereocenters. The van der Waals surface area contributed by atoms with Gasteiger partial charge in [0.2, 0.25) is 0 Å².